The highest BCUT2D eigenvalue weighted by Gasteiger charge is 2.06. The molecule has 19 heavy (non-hydrogen) atoms. The van der Waals surface area contributed by atoms with Crippen molar-refractivity contribution >= 4 is 21.7 Å². The quantitative estimate of drug-likeness (QED) is 0.919. The maximum absolute atomic E-state index is 4.43. The zero-order chi connectivity index (χ0) is 13.7. The molecule has 1 aromatic heterocycles. The minimum Gasteiger partial charge on any atom is -0.354 e. The first-order valence-corrected chi connectivity index (χ1v) is 6.90. The summed E-state index contributed by atoms with van der Waals surface area (Å²) in [7, 11) is 3.91. The third kappa shape index (κ3) is 3.75. The largest absolute Gasteiger partial charge is 0.354 e. The molecule has 1 aromatic carbocycles. The molecule has 0 aliphatic rings. The first kappa shape index (κ1) is 14.0. The Kier molecular flexibility index (Phi) is 4.87. The monoisotopic (exact) mass is 320 g/mol. The molecule has 0 saturated heterocycles. The van der Waals surface area contributed by atoms with Crippen LogP contribution < -0.4 is 10.2 Å². The molecule has 0 unspecified atom stereocenters. The molecule has 0 atom stereocenters. The Labute approximate surface area is 122 Å². The smallest absolute Gasteiger partial charge is 0.147 e. The third-order valence-electron chi connectivity index (χ3n) is 2.81. The number of nitrogens with one attached hydrogen (secondary N) is 1. The number of rotatable bonds is 5. The molecule has 0 saturated carbocycles. The molecular formula is C14H17BrN4. The van der Waals surface area contributed by atoms with Crippen molar-refractivity contribution in [1.29, 1.82) is 0 Å². The van der Waals surface area contributed by atoms with E-state index in [1.807, 2.05) is 44.7 Å². The summed E-state index contributed by atoms with van der Waals surface area (Å²) in [5.74, 6) is 0.871. The van der Waals surface area contributed by atoms with Crippen molar-refractivity contribution in [1.82, 2.24) is 15.3 Å². The molecule has 1 heterocycles. The second-order valence-corrected chi connectivity index (χ2v) is 5.20. The topological polar surface area (TPSA) is 41.1 Å². The molecule has 0 spiro atoms. The van der Waals surface area contributed by atoms with Gasteiger partial charge in [-0.3, -0.25) is 4.98 Å². The lowest BCUT2D eigenvalue weighted by molar-refractivity contribution is 0.779. The lowest BCUT2D eigenvalue weighted by Crippen LogP contribution is -2.18. The second kappa shape index (κ2) is 6.63. The van der Waals surface area contributed by atoms with Gasteiger partial charge in [-0.1, -0.05) is 34.1 Å². The van der Waals surface area contributed by atoms with Crippen LogP contribution in [0, 0.1) is 0 Å². The van der Waals surface area contributed by atoms with Crippen molar-refractivity contribution in [3.63, 3.8) is 0 Å². The zero-order valence-electron chi connectivity index (χ0n) is 11.1. The molecule has 0 aliphatic heterocycles. The normalized spacial score (nSPS) is 10.5. The lowest BCUT2D eigenvalue weighted by atomic mass is 10.2. The number of hydrogen-bond donors (Lipinski definition) is 1. The Balaban J connectivity index is 2.07. The molecule has 0 bridgehead atoms. The molecule has 0 radical (unpaired) electrons. The number of halogens is 1. The van der Waals surface area contributed by atoms with Gasteiger partial charge in [0.05, 0.1) is 18.1 Å². The van der Waals surface area contributed by atoms with Crippen LogP contribution in [0.3, 0.4) is 0 Å². The van der Waals surface area contributed by atoms with E-state index in [-0.39, 0.29) is 0 Å². The highest BCUT2D eigenvalue weighted by atomic mass is 79.9. The Morgan fingerprint density at radius 3 is 2.63 bits per heavy atom. The molecule has 0 aliphatic carbocycles. The predicted molar refractivity (Wildman–Crippen MR) is 81.0 cm³/mol. The van der Waals surface area contributed by atoms with Crippen molar-refractivity contribution in [2.75, 3.05) is 19.0 Å². The molecule has 0 amide bonds. The van der Waals surface area contributed by atoms with Crippen LogP contribution in [0.4, 0.5) is 5.82 Å². The van der Waals surface area contributed by atoms with E-state index in [4.69, 9.17) is 0 Å². The van der Waals surface area contributed by atoms with Gasteiger partial charge in [0.2, 0.25) is 0 Å². The summed E-state index contributed by atoms with van der Waals surface area (Å²) in [4.78, 5) is 10.9. The number of anilines is 1. The summed E-state index contributed by atoms with van der Waals surface area (Å²) in [5.41, 5.74) is 2.17. The van der Waals surface area contributed by atoms with Gasteiger partial charge in [-0.05, 0) is 18.7 Å². The summed E-state index contributed by atoms with van der Waals surface area (Å²) in [5, 5.41) is 3.06. The average Bonchev–Trinajstić information content (AvgIpc) is 2.42. The van der Waals surface area contributed by atoms with E-state index in [0.29, 0.717) is 0 Å². The van der Waals surface area contributed by atoms with Crippen molar-refractivity contribution in [3.05, 3.63) is 52.4 Å². The summed E-state index contributed by atoms with van der Waals surface area (Å²) in [6, 6.07) is 8.20. The minimum atomic E-state index is 0.737. The maximum Gasteiger partial charge on any atom is 0.147 e. The van der Waals surface area contributed by atoms with E-state index >= 15 is 0 Å². The Morgan fingerprint density at radius 2 is 2.00 bits per heavy atom. The second-order valence-electron chi connectivity index (χ2n) is 4.34. The van der Waals surface area contributed by atoms with Crippen LogP contribution in [-0.4, -0.2) is 24.1 Å². The first-order valence-electron chi connectivity index (χ1n) is 6.11. The Morgan fingerprint density at radius 1 is 1.21 bits per heavy atom. The van der Waals surface area contributed by atoms with E-state index in [2.05, 4.69) is 42.2 Å². The van der Waals surface area contributed by atoms with Gasteiger partial charge >= 0.3 is 0 Å². The molecule has 0 fully saturated rings. The SMILES string of the molecule is CNCc1cnc(N(C)Cc2ccccc2Br)cn1. The van der Waals surface area contributed by atoms with Gasteiger partial charge in [-0.15, -0.1) is 0 Å². The van der Waals surface area contributed by atoms with Crippen molar-refractivity contribution in [3.8, 4) is 0 Å². The van der Waals surface area contributed by atoms with E-state index in [0.717, 1.165) is 29.1 Å². The van der Waals surface area contributed by atoms with Crippen LogP contribution in [0.25, 0.3) is 0 Å². The molecule has 4 nitrogen and oxygen atoms in total. The highest BCUT2D eigenvalue weighted by molar-refractivity contribution is 9.10. The zero-order valence-corrected chi connectivity index (χ0v) is 12.7. The summed E-state index contributed by atoms with van der Waals surface area (Å²) < 4.78 is 1.11. The van der Waals surface area contributed by atoms with Crippen molar-refractivity contribution in [2.24, 2.45) is 0 Å². The van der Waals surface area contributed by atoms with Crippen LogP contribution in [0.1, 0.15) is 11.3 Å². The fourth-order valence-electron chi connectivity index (χ4n) is 1.78. The summed E-state index contributed by atoms with van der Waals surface area (Å²) >= 11 is 3.56. The van der Waals surface area contributed by atoms with Gasteiger partial charge < -0.3 is 10.2 Å². The van der Waals surface area contributed by atoms with Crippen LogP contribution >= 0.6 is 15.9 Å². The summed E-state index contributed by atoms with van der Waals surface area (Å²) in [6.07, 6.45) is 3.62. The van der Waals surface area contributed by atoms with Gasteiger partial charge in [-0.2, -0.15) is 0 Å². The van der Waals surface area contributed by atoms with E-state index in [9.17, 15) is 0 Å². The maximum atomic E-state index is 4.43. The molecule has 2 rings (SSSR count). The van der Waals surface area contributed by atoms with Crippen LogP contribution in [0.5, 0.6) is 0 Å². The summed E-state index contributed by atoms with van der Waals surface area (Å²) in [6.45, 7) is 1.53. The van der Waals surface area contributed by atoms with Crippen LogP contribution in [0.15, 0.2) is 41.1 Å². The molecule has 100 valence electrons. The van der Waals surface area contributed by atoms with E-state index in [1.54, 1.807) is 0 Å². The fourth-order valence-corrected chi connectivity index (χ4v) is 2.19. The molecule has 5 heteroatoms. The van der Waals surface area contributed by atoms with E-state index < -0.39 is 0 Å². The standard InChI is InChI=1S/C14H17BrN4/c1-16-7-12-8-18-14(9-17-12)19(2)10-11-5-3-4-6-13(11)15/h3-6,8-9,16H,7,10H2,1-2H3. The predicted octanol–water partition coefficient (Wildman–Crippen LogP) is 2.59. The van der Waals surface area contributed by atoms with Crippen LogP contribution in [-0.2, 0) is 13.1 Å². The number of hydrogen-bond acceptors (Lipinski definition) is 4. The van der Waals surface area contributed by atoms with E-state index in [1.165, 1.54) is 5.56 Å². The minimum absolute atomic E-state index is 0.737. The molecular weight excluding hydrogens is 304 g/mol. The molecule has 2 aromatic rings. The van der Waals surface area contributed by atoms with Gasteiger partial charge in [0, 0.05) is 24.6 Å². The number of benzene rings is 1. The third-order valence-corrected chi connectivity index (χ3v) is 3.58. The van der Waals surface area contributed by atoms with Crippen LogP contribution in [0.2, 0.25) is 0 Å². The molecule has 1 N–H and O–H groups in total. The van der Waals surface area contributed by atoms with Gasteiger partial charge in [0.15, 0.2) is 0 Å². The first-order chi connectivity index (χ1) is 9.20. The number of nitrogens with zero attached hydrogens (tertiary/aromatic N) is 3. The average molecular weight is 321 g/mol. The fraction of sp³-hybridized carbons (Fsp3) is 0.286. The highest BCUT2D eigenvalue weighted by Crippen LogP contribution is 2.19. The Hall–Kier alpha value is -1.46. The Bertz CT molecular complexity index is 527. The lowest BCUT2D eigenvalue weighted by Gasteiger charge is -2.18. The van der Waals surface area contributed by atoms with Gasteiger partial charge in [-0.25, -0.2) is 4.98 Å². The van der Waals surface area contributed by atoms with Crippen molar-refractivity contribution in [2.45, 2.75) is 13.1 Å². The van der Waals surface area contributed by atoms with Crippen molar-refractivity contribution < 1.29 is 0 Å². The number of aromatic nitrogens is 2. The van der Waals surface area contributed by atoms with Gasteiger partial charge in [0.1, 0.15) is 5.82 Å². The van der Waals surface area contributed by atoms with Gasteiger partial charge in [0.25, 0.3) is 0 Å².